The second-order valence-electron chi connectivity index (χ2n) is 4.60. The maximum Gasteiger partial charge on any atom is 0.0443 e. The van der Waals surface area contributed by atoms with E-state index in [2.05, 4.69) is 11.9 Å². The van der Waals surface area contributed by atoms with Gasteiger partial charge in [-0.1, -0.05) is 19.3 Å². The Labute approximate surface area is 93.1 Å². The molecule has 1 fully saturated rings. The summed E-state index contributed by atoms with van der Waals surface area (Å²) in [7, 11) is 2.13. The second kappa shape index (κ2) is 5.99. The maximum atomic E-state index is 8.74. The topological polar surface area (TPSA) is 23.5 Å². The molecule has 2 nitrogen and oxygen atoms in total. The fourth-order valence-corrected chi connectivity index (χ4v) is 2.85. The van der Waals surface area contributed by atoms with Crippen molar-refractivity contribution in [1.82, 2.24) is 4.90 Å². The van der Waals surface area contributed by atoms with E-state index in [-0.39, 0.29) is 4.75 Å². The number of aliphatic hydroxyl groups excluding tert-OH is 1. The van der Waals surface area contributed by atoms with Crippen molar-refractivity contribution in [2.75, 3.05) is 26.7 Å². The zero-order chi connectivity index (χ0) is 10.4. The van der Waals surface area contributed by atoms with E-state index in [0.29, 0.717) is 6.61 Å². The normalized spacial score (nSPS) is 21.4. The minimum absolute atomic E-state index is 0.239. The molecule has 3 heteroatoms. The third-order valence-electron chi connectivity index (χ3n) is 3.05. The predicted octanol–water partition coefficient (Wildman–Crippen LogP) is 1.93. The first-order chi connectivity index (χ1) is 6.66. The van der Waals surface area contributed by atoms with Crippen LogP contribution in [0.2, 0.25) is 0 Å². The van der Waals surface area contributed by atoms with E-state index in [1.807, 2.05) is 0 Å². The first kappa shape index (κ1) is 12.3. The van der Waals surface area contributed by atoms with Crippen LogP contribution < -0.4 is 0 Å². The van der Waals surface area contributed by atoms with Crippen LogP contribution in [-0.4, -0.2) is 41.5 Å². The average molecular weight is 217 g/mol. The van der Waals surface area contributed by atoms with E-state index < -0.39 is 0 Å². The molecule has 1 rings (SSSR count). The molecule has 0 heterocycles. The van der Waals surface area contributed by atoms with E-state index in [9.17, 15) is 0 Å². The number of hydrogen-bond acceptors (Lipinski definition) is 3. The monoisotopic (exact) mass is 217 g/mol. The van der Waals surface area contributed by atoms with Crippen molar-refractivity contribution in [2.45, 2.75) is 43.3 Å². The molecule has 0 radical (unpaired) electrons. The molecule has 0 bridgehead atoms. The lowest BCUT2D eigenvalue weighted by Crippen LogP contribution is -2.39. The fourth-order valence-electron chi connectivity index (χ4n) is 2.29. The molecule has 0 aliphatic heterocycles. The van der Waals surface area contributed by atoms with Gasteiger partial charge in [-0.15, -0.1) is 0 Å². The molecule has 0 saturated heterocycles. The zero-order valence-electron chi connectivity index (χ0n) is 9.21. The van der Waals surface area contributed by atoms with Gasteiger partial charge in [0.15, 0.2) is 0 Å². The molecule has 0 aromatic rings. The highest BCUT2D eigenvalue weighted by molar-refractivity contribution is 7.81. The molecule has 1 aliphatic carbocycles. The average Bonchev–Trinajstić information content (AvgIpc) is 2.15. The Morgan fingerprint density at radius 3 is 2.50 bits per heavy atom. The number of thiol groups is 1. The number of aliphatic hydroxyl groups is 1. The summed E-state index contributed by atoms with van der Waals surface area (Å²) in [6.45, 7) is 2.35. The molecule has 1 aliphatic rings. The molecule has 0 aromatic heterocycles. The lowest BCUT2D eigenvalue weighted by molar-refractivity contribution is 0.222. The Kier molecular flexibility index (Phi) is 5.28. The van der Waals surface area contributed by atoms with Gasteiger partial charge in [0.05, 0.1) is 0 Å². The van der Waals surface area contributed by atoms with Gasteiger partial charge in [0, 0.05) is 24.4 Å². The highest BCUT2D eigenvalue weighted by Gasteiger charge is 2.28. The Bertz CT molecular complexity index is 157. The standard InChI is InChI=1S/C11H23NOS/c1-12(8-5-9-13)10-11(14)6-3-2-4-7-11/h13-14H,2-10H2,1H3. The Morgan fingerprint density at radius 1 is 1.29 bits per heavy atom. The minimum atomic E-state index is 0.239. The molecule has 0 amide bonds. The van der Waals surface area contributed by atoms with Crippen molar-refractivity contribution in [2.24, 2.45) is 0 Å². The summed E-state index contributed by atoms with van der Waals surface area (Å²) in [4.78, 5) is 2.30. The van der Waals surface area contributed by atoms with E-state index in [1.54, 1.807) is 0 Å². The third-order valence-corrected chi connectivity index (χ3v) is 3.64. The van der Waals surface area contributed by atoms with Gasteiger partial charge in [0.2, 0.25) is 0 Å². The molecule has 0 spiro atoms. The molecule has 84 valence electrons. The molecule has 14 heavy (non-hydrogen) atoms. The van der Waals surface area contributed by atoms with Crippen LogP contribution in [0.4, 0.5) is 0 Å². The maximum absolute atomic E-state index is 8.74. The highest BCUT2D eigenvalue weighted by Crippen LogP contribution is 2.34. The van der Waals surface area contributed by atoms with Gasteiger partial charge in [-0.25, -0.2) is 0 Å². The smallest absolute Gasteiger partial charge is 0.0443 e. The first-order valence-corrected chi connectivity index (χ1v) is 6.13. The van der Waals surface area contributed by atoms with Crippen molar-refractivity contribution in [3.63, 3.8) is 0 Å². The van der Waals surface area contributed by atoms with Gasteiger partial charge in [-0.05, 0) is 26.3 Å². The highest BCUT2D eigenvalue weighted by atomic mass is 32.1. The molecule has 0 atom stereocenters. The number of hydrogen-bond donors (Lipinski definition) is 2. The summed E-state index contributed by atoms with van der Waals surface area (Å²) in [5.41, 5.74) is 0. The van der Waals surface area contributed by atoms with Gasteiger partial charge in [0.25, 0.3) is 0 Å². The van der Waals surface area contributed by atoms with Gasteiger partial charge < -0.3 is 10.0 Å². The van der Waals surface area contributed by atoms with Crippen molar-refractivity contribution >= 4 is 12.6 Å². The first-order valence-electron chi connectivity index (χ1n) is 5.68. The molecule has 1 saturated carbocycles. The lowest BCUT2D eigenvalue weighted by Gasteiger charge is -2.36. The summed E-state index contributed by atoms with van der Waals surface area (Å²) in [6.07, 6.45) is 7.41. The van der Waals surface area contributed by atoms with E-state index in [4.69, 9.17) is 17.7 Å². The fraction of sp³-hybridized carbons (Fsp3) is 1.00. The van der Waals surface area contributed by atoms with Crippen LogP contribution in [-0.2, 0) is 0 Å². The predicted molar refractivity (Wildman–Crippen MR) is 64.0 cm³/mol. The van der Waals surface area contributed by atoms with Crippen LogP contribution in [0, 0.1) is 0 Å². The molecular formula is C11H23NOS. The SMILES string of the molecule is CN(CCCO)CC1(S)CCCCC1. The van der Waals surface area contributed by atoms with Crippen molar-refractivity contribution in [3.05, 3.63) is 0 Å². The molecule has 0 aromatic carbocycles. The van der Waals surface area contributed by atoms with Gasteiger partial charge in [-0.2, -0.15) is 12.6 Å². The summed E-state index contributed by atoms with van der Waals surface area (Å²) >= 11 is 4.81. The quantitative estimate of drug-likeness (QED) is 0.688. The van der Waals surface area contributed by atoms with E-state index >= 15 is 0 Å². The van der Waals surface area contributed by atoms with Crippen LogP contribution in [0.1, 0.15) is 38.5 Å². The Balaban J connectivity index is 2.25. The molecule has 0 unspecified atom stereocenters. The van der Waals surface area contributed by atoms with Gasteiger partial charge in [0.1, 0.15) is 0 Å². The summed E-state index contributed by atoms with van der Waals surface area (Å²) < 4.78 is 0.239. The Morgan fingerprint density at radius 2 is 1.93 bits per heavy atom. The van der Waals surface area contributed by atoms with Crippen molar-refractivity contribution in [3.8, 4) is 0 Å². The lowest BCUT2D eigenvalue weighted by atomic mass is 9.88. The summed E-state index contributed by atoms with van der Waals surface area (Å²) in [5.74, 6) is 0. The van der Waals surface area contributed by atoms with E-state index in [1.165, 1.54) is 32.1 Å². The summed E-state index contributed by atoms with van der Waals surface area (Å²) in [6, 6.07) is 0. The second-order valence-corrected chi connectivity index (χ2v) is 5.55. The van der Waals surface area contributed by atoms with Crippen molar-refractivity contribution in [1.29, 1.82) is 0 Å². The largest absolute Gasteiger partial charge is 0.396 e. The molecule has 1 N–H and O–H groups in total. The van der Waals surface area contributed by atoms with Gasteiger partial charge in [-0.3, -0.25) is 0 Å². The number of rotatable bonds is 5. The third kappa shape index (κ3) is 4.20. The number of nitrogens with zero attached hydrogens (tertiary/aromatic N) is 1. The zero-order valence-corrected chi connectivity index (χ0v) is 10.1. The van der Waals surface area contributed by atoms with Crippen LogP contribution in [0.3, 0.4) is 0 Å². The van der Waals surface area contributed by atoms with E-state index in [0.717, 1.165) is 19.5 Å². The van der Waals surface area contributed by atoms with Crippen LogP contribution in [0.15, 0.2) is 0 Å². The Hall–Kier alpha value is 0.270. The molecular weight excluding hydrogens is 194 g/mol. The van der Waals surface area contributed by atoms with Crippen molar-refractivity contribution < 1.29 is 5.11 Å². The van der Waals surface area contributed by atoms with Crippen LogP contribution in [0.5, 0.6) is 0 Å². The van der Waals surface area contributed by atoms with Gasteiger partial charge >= 0.3 is 0 Å². The van der Waals surface area contributed by atoms with Crippen LogP contribution in [0.25, 0.3) is 0 Å². The van der Waals surface area contributed by atoms with Crippen LogP contribution >= 0.6 is 12.6 Å². The minimum Gasteiger partial charge on any atom is -0.396 e. The summed E-state index contributed by atoms with van der Waals surface area (Å²) in [5, 5.41) is 8.74.